The summed E-state index contributed by atoms with van der Waals surface area (Å²) in [5.74, 6) is 0.956. The Balaban J connectivity index is 1.68. The van der Waals surface area contributed by atoms with Gasteiger partial charge in [0.05, 0.1) is 0 Å². The number of para-hydroxylation sites is 1. The number of fused-ring (bicyclic) bond motifs is 1. The van der Waals surface area contributed by atoms with Crippen LogP contribution >= 0.6 is 11.6 Å². The first-order chi connectivity index (χ1) is 9.31. The Labute approximate surface area is 117 Å². The SMILES string of the molecule is Clc1ccc(NCC2=Cc3ccccc3OC2)cc1. The molecule has 1 heterocycles. The number of rotatable bonds is 3. The molecule has 96 valence electrons. The molecule has 1 aliphatic heterocycles. The largest absolute Gasteiger partial charge is 0.489 e. The zero-order valence-corrected chi connectivity index (χ0v) is 11.2. The van der Waals surface area contributed by atoms with Gasteiger partial charge in [-0.05, 0) is 42.0 Å². The molecule has 0 bridgehead atoms. The normalized spacial score (nSPS) is 13.2. The molecule has 2 aromatic rings. The van der Waals surface area contributed by atoms with Crippen LogP contribution in [0.5, 0.6) is 5.75 Å². The number of ether oxygens (including phenoxy) is 1. The summed E-state index contributed by atoms with van der Waals surface area (Å²) in [6, 6.07) is 15.8. The van der Waals surface area contributed by atoms with E-state index in [1.54, 1.807) is 0 Å². The second-order valence-corrected chi connectivity index (χ2v) is 4.93. The van der Waals surface area contributed by atoms with Gasteiger partial charge in [-0.3, -0.25) is 0 Å². The molecule has 0 amide bonds. The van der Waals surface area contributed by atoms with E-state index >= 15 is 0 Å². The number of nitrogens with one attached hydrogen (secondary N) is 1. The van der Waals surface area contributed by atoms with Gasteiger partial charge in [0.1, 0.15) is 12.4 Å². The second-order valence-electron chi connectivity index (χ2n) is 4.49. The molecule has 0 unspecified atom stereocenters. The number of hydrogen-bond acceptors (Lipinski definition) is 2. The van der Waals surface area contributed by atoms with Crippen LogP contribution in [0.3, 0.4) is 0 Å². The highest BCUT2D eigenvalue weighted by Crippen LogP contribution is 2.25. The quantitative estimate of drug-likeness (QED) is 0.902. The Hall–Kier alpha value is -1.93. The molecule has 3 rings (SSSR count). The molecule has 0 spiro atoms. The van der Waals surface area contributed by atoms with Crippen LogP contribution in [0, 0.1) is 0 Å². The number of halogens is 1. The van der Waals surface area contributed by atoms with Gasteiger partial charge in [0.15, 0.2) is 0 Å². The molecule has 0 saturated carbocycles. The lowest BCUT2D eigenvalue weighted by molar-refractivity contribution is 0.346. The minimum atomic E-state index is 0.637. The summed E-state index contributed by atoms with van der Waals surface area (Å²) in [6.45, 7) is 1.41. The lowest BCUT2D eigenvalue weighted by Gasteiger charge is -2.18. The summed E-state index contributed by atoms with van der Waals surface area (Å²) in [4.78, 5) is 0. The first kappa shape index (κ1) is 12.1. The molecule has 0 fully saturated rings. The van der Waals surface area contributed by atoms with E-state index in [9.17, 15) is 0 Å². The molecule has 0 saturated heterocycles. The fourth-order valence-corrected chi connectivity index (χ4v) is 2.17. The summed E-state index contributed by atoms with van der Waals surface area (Å²) in [5.41, 5.74) is 3.43. The number of benzene rings is 2. The highest BCUT2D eigenvalue weighted by atomic mass is 35.5. The zero-order chi connectivity index (χ0) is 13.1. The third-order valence-electron chi connectivity index (χ3n) is 3.06. The average molecular weight is 272 g/mol. The Morgan fingerprint density at radius 1 is 1.05 bits per heavy atom. The molecule has 0 aliphatic carbocycles. The van der Waals surface area contributed by atoms with Crippen LogP contribution in [-0.4, -0.2) is 13.2 Å². The Bertz CT molecular complexity index is 604. The van der Waals surface area contributed by atoms with Crippen molar-refractivity contribution in [2.75, 3.05) is 18.5 Å². The fraction of sp³-hybridized carbons (Fsp3) is 0.125. The van der Waals surface area contributed by atoms with Gasteiger partial charge in [-0.1, -0.05) is 29.8 Å². The molecule has 2 nitrogen and oxygen atoms in total. The third-order valence-corrected chi connectivity index (χ3v) is 3.31. The topological polar surface area (TPSA) is 21.3 Å². The van der Waals surface area contributed by atoms with E-state index in [1.165, 1.54) is 5.57 Å². The molecule has 1 N–H and O–H groups in total. The second kappa shape index (κ2) is 5.37. The van der Waals surface area contributed by atoms with Crippen molar-refractivity contribution in [2.24, 2.45) is 0 Å². The van der Waals surface area contributed by atoms with E-state index in [-0.39, 0.29) is 0 Å². The smallest absolute Gasteiger partial charge is 0.127 e. The molecular weight excluding hydrogens is 258 g/mol. The van der Waals surface area contributed by atoms with Crippen LogP contribution in [0.4, 0.5) is 5.69 Å². The van der Waals surface area contributed by atoms with E-state index in [4.69, 9.17) is 16.3 Å². The Kier molecular flexibility index (Phi) is 3.43. The zero-order valence-electron chi connectivity index (χ0n) is 10.4. The van der Waals surface area contributed by atoms with E-state index < -0.39 is 0 Å². The summed E-state index contributed by atoms with van der Waals surface area (Å²) in [6.07, 6.45) is 2.18. The van der Waals surface area contributed by atoms with Gasteiger partial charge in [0.2, 0.25) is 0 Å². The number of hydrogen-bond donors (Lipinski definition) is 1. The van der Waals surface area contributed by atoms with Crippen molar-refractivity contribution in [3.8, 4) is 5.75 Å². The van der Waals surface area contributed by atoms with Gasteiger partial charge in [-0.15, -0.1) is 0 Å². The van der Waals surface area contributed by atoms with Crippen molar-refractivity contribution in [1.82, 2.24) is 0 Å². The van der Waals surface area contributed by atoms with Gasteiger partial charge >= 0.3 is 0 Å². The lowest BCUT2D eigenvalue weighted by atomic mass is 10.1. The highest BCUT2D eigenvalue weighted by molar-refractivity contribution is 6.30. The van der Waals surface area contributed by atoms with Crippen molar-refractivity contribution in [1.29, 1.82) is 0 Å². The molecular formula is C16H14ClNO. The summed E-state index contributed by atoms with van der Waals surface area (Å²) < 4.78 is 5.71. The molecule has 19 heavy (non-hydrogen) atoms. The van der Waals surface area contributed by atoms with Crippen LogP contribution in [0.2, 0.25) is 5.02 Å². The van der Waals surface area contributed by atoms with Crippen LogP contribution in [-0.2, 0) is 0 Å². The minimum absolute atomic E-state index is 0.637. The van der Waals surface area contributed by atoms with E-state index in [0.717, 1.165) is 28.6 Å². The van der Waals surface area contributed by atoms with Gasteiger partial charge in [0.25, 0.3) is 0 Å². The predicted molar refractivity (Wildman–Crippen MR) is 79.9 cm³/mol. The van der Waals surface area contributed by atoms with Crippen molar-refractivity contribution in [2.45, 2.75) is 0 Å². The molecule has 3 heteroatoms. The van der Waals surface area contributed by atoms with Crippen LogP contribution in [0.15, 0.2) is 54.1 Å². The number of anilines is 1. The maximum Gasteiger partial charge on any atom is 0.127 e. The third kappa shape index (κ3) is 2.91. The van der Waals surface area contributed by atoms with Crippen LogP contribution < -0.4 is 10.1 Å². The Morgan fingerprint density at radius 3 is 2.68 bits per heavy atom. The maximum atomic E-state index is 5.86. The molecule has 0 atom stereocenters. The molecule has 0 radical (unpaired) electrons. The fourth-order valence-electron chi connectivity index (χ4n) is 2.05. The molecule has 0 aromatic heterocycles. The van der Waals surface area contributed by atoms with Crippen molar-refractivity contribution < 1.29 is 4.74 Å². The van der Waals surface area contributed by atoms with Crippen molar-refractivity contribution in [3.63, 3.8) is 0 Å². The summed E-state index contributed by atoms with van der Waals surface area (Å²) in [5, 5.41) is 4.12. The van der Waals surface area contributed by atoms with Crippen molar-refractivity contribution >= 4 is 23.4 Å². The van der Waals surface area contributed by atoms with E-state index in [1.807, 2.05) is 42.5 Å². The Morgan fingerprint density at radius 2 is 1.84 bits per heavy atom. The van der Waals surface area contributed by atoms with Gasteiger partial charge < -0.3 is 10.1 Å². The first-order valence-electron chi connectivity index (χ1n) is 6.22. The standard InChI is InChI=1S/C16H14ClNO/c17-14-5-7-15(8-6-14)18-10-12-9-13-3-1-2-4-16(13)19-11-12/h1-9,18H,10-11H2. The maximum absolute atomic E-state index is 5.86. The summed E-state index contributed by atoms with van der Waals surface area (Å²) in [7, 11) is 0. The van der Waals surface area contributed by atoms with Gasteiger partial charge in [-0.25, -0.2) is 0 Å². The minimum Gasteiger partial charge on any atom is -0.489 e. The van der Waals surface area contributed by atoms with Gasteiger partial charge in [0, 0.05) is 22.8 Å². The lowest BCUT2D eigenvalue weighted by Crippen LogP contribution is -2.14. The molecule has 2 aromatic carbocycles. The van der Waals surface area contributed by atoms with Crippen LogP contribution in [0.25, 0.3) is 6.08 Å². The monoisotopic (exact) mass is 271 g/mol. The van der Waals surface area contributed by atoms with Crippen LogP contribution in [0.1, 0.15) is 5.56 Å². The molecule has 1 aliphatic rings. The van der Waals surface area contributed by atoms with E-state index in [0.29, 0.717) is 6.61 Å². The van der Waals surface area contributed by atoms with E-state index in [2.05, 4.69) is 17.5 Å². The first-order valence-corrected chi connectivity index (χ1v) is 6.60. The average Bonchev–Trinajstić information content (AvgIpc) is 2.46. The predicted octanol–water partition coefficient (Wildman–Crippen LogP) is 4.23. The van der Waals surface area contributed by atoms with Gasteiger partial charge in [-0.2, -0.15) is 0 Å². The van der Waals surface area contributed by atoms with Crippen molar-refractivity contribution in [3.05, 3.63) is 64.7 Å². The highest BCUT2D eigenvalue weighted by Gasteiger charge is 2.10. The summed E-state index contributed by atoms with van der Waals surface area (Å²) >= 11 is 5.86.